The molecule has 3 heterocycles. The molecular weight excluding hydrogens is 472 g/mol. The van der Waals surface area contributed by atoms with Gasteiger partial charge in [0, 0.05) is 48.1 Å². The molecule has 0 fully saturated rings. The maximum atomic E-state index is 5.06. The van der Waals surface area contributed by atoms with Crippen molar-refractivity contribution in [3.05, 3.63) is 109 Å². The van der Waals surface area contributed by atoms with Crippen LogP contribution in [0.1, 0.15) is 0 Å². The maximum absolute atomic E-state index is 5.06. The second kappa shape index (κ2) is 7.88. The molecule has 0 unspecified atom stereocenters. The minimum atomic E-state index is 0.617. The molecule has 0 bridgehead atoms. The summed E-state index contributed by atoms with van der Waals surface area (Å²) in [6, 6.07) is 35.8. The normalized spacial score (nSPS) is 11.8. The van der Waals surface area contributed by atoms with Crippen molar-refractivity contribution in [1.82, 2.24) is 20.2 Å². The Balaban J connectivity index is 1.34. The van der Waals surface area contributed by atoms with Crippen molar-refractivity contribution in [2.75, 3.05) is 0 Å². The fraction of sp³-hybridized carbons (Fsp3) is 0. The second-order valence-electron chi connectivity index (χ2n) is 9.14. The van der Waals surface area contributed by atoms with E-state index in [1.54, 1.807) is 0 Å². The Labute approximate surface area is 215 Å². The van der Waals surface area contributed by atoms with E-state index in [1.165, 1.54) is 25.7 Å². The number of pyridine rings is 1. The summed E-state index contributed by atoms with van der Waals surface area (Å²) < 4.78 is 2.60. The van der Waals surface area contributed by atoms with Crippen LogP contribution in [0.4, 0.5) is 0 Å². The first kappa shape index (κ1) is 20.5. The Hall–Kier alpha value is -4.74. The number of aromatic nitrogens is 4. The van der Waals surface area contributed by atoms with E-state index < -0.39 is 0 Å². The highest BCUT2D eigenvalue weighted by Crippen LogP contribution is 2.40. The van der Waals surface area contributed by atoms with Gasteiger partial charge in [0.1, 0.15) is 11.0 Å². The van der Waals surface area contributed by atoms with Crippen LogP contribution >= 0.6 is 11.3 Å². The molecule has 4 nitrogen and oxygen atoms in total. The van der Waals surface area contributed by atoms with Gasteiger partial charge in [0.25, 0.3) is 0 Å². The SMILES string of the molecule is c1cc(-c2nnc3c4cccnc4c4ccccc4c3n2)cc(-c2cccc3c2sc2ccccc23)c1. The Bertz CT molecular complexity index is 2130. The molecule has 5 aromatic carbocycles. The number of rotatable bonds is 2. The average molecular weight is 491 g/mol. The molecule has 0 aliphatic heterocycles. The van der Waals surface area contributed by atoms with Gasteiger partial charge in [0.15, 0.2) is 5.82 Å². The topological polar surface area (TPSA) is 51.6 Å². The van der Waals surface area contributed by atoms with Gasteiger partial charge in [0.2, 0.25) is 0 Å². The standard InChI is InChI=1S/C32H18N4S/c1-2-12-24-23(11-1)28-26(15-7-17-33-28)30-29(24)34-32(36-35-30)20-9-5-8-19(18-20)21-13-6-14-25-22-10-3-4-16-27(22)37-31(21)25/h1-18H. The highest BCUT2D eigenvalue weighted by molar-refractivity contribution is 7.26. The van der Waals surface area contributed by atoms with Crippen molar-refractivity contribution >= 4 is 64.2 Å². The van der Waals surface area contributed by atoms with Gasteiger partial charge in [-0.25, -0.2) is 4.98 Å². The first-order valence-corrected chi connectivity index (χ1v) is 13.0. The lowest BCUT2D eigenvalue weighted by molar-refractivity contribution is 1.04. The summed E-state index contributed by atoms with van der Waals surface area (Å²) in [5.74, 6) is 0.617. The van der Waals surface area contributed by atoms with E-state index in [1.807, 2.05) is 41.8 Å². The zero-order valence-electron chi connectivity index (χ0n) is 19.6. The molecule has 5 heteroatoms. The van der Waals surface area contributed by atoms with E-state index in [9.17, 15) is 0 Å². The number of hydrogen-bond acceptors (Lipinski definition) is 5. The zero-order valence-corrected chi connectivity index (χ0v) is 20.4. The predicted molar refractivity (Wildman–Crippen MR) is 154 cm³/mol. The van der Waals surface area contributed by atoms with Crippen LogP contribution in [0, 0.1) is 0 Å². The Morgan fingerprint density at radius 1 is 0.514 bits per heavy atom. The van der Waals surface area contributed by atoms with Crippen LogP contribution in [0.15, 0.2) is 109 Å². The molecule has 37 heavy (non-hydrogen) atoms. The monoisotopic (exact) mass is 490 g/mol. The first-order valence-electron chi connectivity index (χ1n) is 12.2. The van der Waals surface area contributed by atoms with Crippen molar-refractivity contribution in [2.24, 2.45) is 0 Å². The van der Waals surface area contributed by atoms with Gasteiger partial charge in [-0.3, -0.25) is 4.98 Å². The molecule has 172 valence electrons. The quantitative estimate of drug-likeness (QED) is 0.228. The summed E-state index contributed by atoms with van der Waals surface area (Å²) in [5, 5.41) is 14.9. The fourth-order valence-electron chi connectivity index (χ4n) is 5.32. The van der Waals surface area contributed by atoms with Crippen molar-refractivity contribution in [2.45, 2.75) is 0 Å². The molecule has 0 N–H and O–H groups in total. The van der Waals surface area contributed by atoms with E-state index in [0.717, 1.165) is 43.8 Å². The van der Waals surface area contributed by atoms with Crippen LogP contribution in [0.3, 0.4) is 0 Å². The molecule has 0 aliphatic carbocycles. The van der Waals surface area contributed by atoms with Crippen molar-refractivity contribution in [1.29, 1.82) is 0 Å². The van der Waals surface area contributed by atoms with Crippen LogP contribution in [0.2, 0.25) is 0 Å². The first-order chi connectivity index (χ1) is 18.3. The molecule has 8 aromatic rings. The summed E-state index contributed by atoms with van der Waals surface area (Å²) in [4.78, 5) is 9.69. The molecule has 0 amide bonds. The van der Waals surface area contributed by atoms with Crippen LogP contribution in [-0.2, 0) is 0 Å². The lowest BCUT2D eigenvalue weighted by atomic mass is 10.0. The molecule has 0 saturated carbocycles. The highest BCUT2D eigenvalue weighted by Gasteiger charge is 2.15. The molecule has 0 saturated heterocycles. The molecule has 0 aliphatic rings. The van der Waals surface area contributed by atoms with Crippen LogP contribution in [-0.4, -0.2) is 20.2 Å². The van der Waals surface area contributed by atoms with Crippen molar-refractivity contribution < 1.29 is 0 Å². The van der Waals surface area contributed by atoms with Gasteiger partial charge in [-0.1, -0.05) is 78.9 Å². The van der Waals surface area contributed by atoms with Crippen LogP contribution in [0.5, 0.6) is 0 Å². The minimum absolute atomic E-state index is 0.617. The second-order valence-corrected chi connectivity index (χ2v) is 10.2. The highest BCUT2D eigenvalue weighted by atomic mass is 32.1. The molecule has 8 rings (SSSR count). The van der Waals surface area contributed by atoms with Gasteiger partial charge in [-0.15, -0.1) is 21.5 Å². The number of benzene rings is 5. The van der Waals surface area contributed by atoms with Crippen LogP contribution in [0.25, 0.3) is 75.4 Å². The third kappa shape index (κ3) is 3.08. The van der Waals surface area contributed by atoms with Crippen molar-refractivity contribution in [3.63, 3.8) is 0 Å². The molecule has 0 atom stereocenters. The maximum Gasteiger partial charge on any atom is 0.182 e. The molecule has 0 spiro atoms. The third-order valence-corrected chi connectivity index (χ3v) is 8.24. The van der Waals surface area contributed by atoms with Crippen molar-refractivity contribution in [3.8, 4) is 22.5 Å². The van der Waals surface area contributed by atoms with E-state index in [4.69, 9.17) is 4.98 Å². The molecule has 0 radical (unpaired) electrons. The number of fused-ring (bicyclic) bond motifs is 9. The largest absolute Gasteiger partial charge is 0.256 e. The predicted octanol–water partition coefficient (Wildman–Crippen LogP) is 8.43. The summed E-state index contributed by atoms with van der Waals surface area (Å²) in [5.41, 5.74) is 5.85. The van der Waals surface area contributed by atoms with Gasteiger partial charge in [0.05, 0.1) is 5.52 Å². The van der Waals surface area contributed by atoms with Crippen LogP contribution < -0.4 is 0 Å². The summed E-state index contributed by atoms with van der Waals surface area (Å²) in [7, 11) is 0. The molecule has 3 aromatic heterocycles. The Kier molecular flexibility index (Phi) is 4.36. The smallest absolute Gasteiger partial charge is 0.182 e. The van der Waals surface area contributed by atoms with E-state index >= 15 is 0 Å². The molecular formula is C32H18N4S. The lowest BCUT2D eigenvalue weighted by Gasteiger charge is -2.10. The average Bonchev–Trinajstić information content (AvgIpc) is 3.36. The summed E-state index contributed by atoms with van der Waals surface area (Å²) in [6.45, 7) is 0. The zero-order chi connectivity index (χ0) is 24.3. The Morgan fingerprint density at radius 2 is 1.24 bits per heavy atom. The minimum Gasteiger partial charge on any atom is -0.256 e. The summed E-state index contributed by atoms with van der Waals surface area (Å²) in [6.07, 6.45) is 1.82. The van der Waals surface area contributed by atoms with Gasteiger partial charge in [-0.05, 0) is 35.4 Å². The Morgan fingerprint density at radius 3 is 2.16 bits per heavy atom. The van der Waals surface area contributed by atoms with E-state index in [0.29, 0.717) is 5.82 Å². The summed E-state index contributed by atoms with van der Waals surface area (Å²) >= 11 is 1.84. The van der Waals surface area contributed by atoms with E-state index in [-0.39, 0.29) is 0 Å². The number of hydrogen-bond donors (Lipinski definition) is 0. The lowest BCUT2D eigenvalue weighted by Crippen LogP contribution is -1.97. The third-order valence-electron chi connectivity index (χ3n) is 7.02. The van der Waals surface area contributed by atoms with Gasteiger partial charge < -0.3 is 0 Å². The van der Waals surface area contributed by atoms with E-state index in [2.05, 4.69) is 94.0 Å². The number of thiophene rings is 1. The number of nitrogens with zero attached hydrogens (tertiary/aromatic N) is 4. The van der Waals surface area contributed by atoms with Gasteiger partial charge >= 0.3 is 0 Å². The fourth-order valence-corrected chi connectivity index (χ4v) is 6.56. The van der Waals surface area contributed by atoms with Gasteiger partial charge in [-0.2, -0.15) is 0 Å².